The summed E-state index contributed by atoms with van der Waals surface area (Å²) in [5, 5.41) is 0. The number of imidazole rings is 1. The normalized spacial score (nSPS) is 15.8. The summed E-state index contributed by atoms with van der Waals surface area (Å²) in [6.07, 6.45) is 9.84. The zero-order valence-electron chi connectivity index (χ0n) is 11.5. The maximum atomic E-state index is 12.2. The molecule has 4 rings (SSSR count). The number of H-pyrrole nitrogens is 1. The van der Waals surface area contributed by atoms with Gasteiger partial charge < -0.3 is 9.55 Å². The molecule has 3 aromatic heterocycles. The molecule has 0 spiro atoms. The summed E-state index contributed by atoms with van der Waals surface area (Å²) in [6, 6.07) is 4.08. The van der Waals surface area contributed by atoms with Crippen molar-refractivity contribution in [3.63, 3.8) is 0 Å². The third-order valence-corrected chi connectivity index (χ3v) is 4.10. The molecule has 1 N–H and O–H groups in total. The second-order valence-electron chi connectivity index (χ2n) is 5.41. The van der Waals surface area contributed by atoms with Crippen LogP contribution in [-0.4, -0.2) is 24.5 Å². The zero-order chi connectivity index (χ0) is 14.2. The highest BCUT2D eigenvalue weighted by atomic mass is 16.1. The van der Waals surface area contributed by atoms with Crippen LogP contribution in [0.4, 0.5) is 0 Å². The Balaban J connectivity index is 1.91. The van der Waals surface area contributed by atoms with Crippen molar-refractivity contribution in [2.24, 2.45) is 0 Å². The highest BCUT2D eigenvalue weighted by Gasteiger charge is 2.21. The molecule has 1 aliphatic carbocycles. The van der Waals surface area contributed by atoms with E-state index >= 15 is 0 Å². The van der Waals surface area contributed by atoms with E-state index in [1.165, 1.54) is 12.8 Å². The van der Waals surface area contributed by atoms with E-state index in [0.717, 1.165) is 18.4 Å². The monoisotopic (exact) mass is 281 g/mol. The standard InChI is InChI=1S/C15H15N5O/c21-15-12-14(20(9-17-12)11-3-1-2-4-11)18-13(19-15)10-5-7-16-8-6-10/h5-9,11H,1-4H2,(H,18,19,21). The molecule has 0 bridgehead atoms. The molecule has 106 valence electrons. The highest BCUT2D eigenvalue weighted by molar-refractivity contribution is 5.72. The Morgan fingerprint density at radius 2 is 1.95 bits per heavy atom. The van der Waals surface area contributed by atoms with Crippen LogP contribution in [-0.2, 0) is 0 Å². The van der Waals surface area contributed by atoms with Gasteiger partial charge in [0.15, 0.2) is 11.2 Å². The van der Waals surface area contributed by atoms with E-state index in [-0.39, 0.29) is 5.56 Å². The van der Waals surface area contributed by atoms with Crippen LogP contribution in [0.15, 0.2) is 35.6 Å². The molecule has 0 saturated heterocycles. The number of fused-ring (bicyclic) bond motifs is 1. The largest absolute Gasteiger partial charge is 0.312 e. The van der Waals surface area contributed by atoms with E-state index in [1.54, 1.807) is 18.7 Å². The summed E-state index contributed by atoms with van der Waals surface area (Å²) < 4.78 is 2.06. The summed E-state index contributed by atoms with van der Waals surface area (Å²) in [4.78, 5) is 27.9. The molecule has 1 fully saturated rings. The molecular weight excluding hydrogens is 266 g/mol. The molecule has 1 aliphatic rings. The number of pyridine rings is 1. The van der Waals surface area contributed by atoms with Crippen molar-refractivity contribution in [1.29, 1.82) is 0 Å². The molecule has 6 nitrogen and oxygen atoms in total. The first-order valence-electron chi connectivity index (χ1n) is 7.20. The van der Waals surface area contributed by atoms with Gasteiger partial charge in [-0.25, -0.2) is 9.97 Å². The van der Waals surface area contributed by atoms with Crippen LogP contribution in [0.25, 0.3) is 22.6 Å². The number of nitrogens with one attached hydrogen (secondary N) is 1. The number of aromatic amines is 1. The number of hydrogen-bond donors (Lipinski definition) is 1. The Hall–Kier alpha value is -2.50. The SMILES string of the molecule is O=c1[nH]c(-c2ccncc2)nc2c1ncn2C1CCCC1. The molecule has 21 heavy (non-hydrogen) atoms. The fraction of sp³-hybridized carbons (Fsp3) is 0.333. The average Bonchev–Trinajstić information content (AvgIpc) is 3.16. The first kappa shape index (κ1) is 12.3. The Morgan fingerprint density at radius 3 is 2.71 bits per heavy atom. The molecule has 0 radical (unpaired) electrons. The lowest BCUT2D eigenvalue weighted by Gasteiger charge is -2.11. The summed E-state index contributed by atoms with van der Waals surface area (Å²) >= 11 is 0. The quantitative estimate of drug-likeness (QED) is 0.782. The molecule has 0 aliphatic heterocycles. The van der Waals surface area contributed by atoms with Gasteiger partial charge in [0.2, 0.25) is 0 Å². The molecule has 3 aromatic rings. The van der Waals surface area contributed by atoms with Gasteiger partial charge in [-0.15, -0.1) is 0 Å². The average molecular weight is 281 g/mol. The third kappa shape index (κ3) is 2.03. The molecule has 0 aromatic carbocycles. The maximum absolute atomic E-state index is 12.2. The van der Waals surface area contributed by atoms with E-state index in [4.69, 9.17) is 0 Å². The number of rotatable bonds is 2. The fourth-order valence-corrected chi connectivity index (χ4v) is 3.02. The van der Waals surface area contributed by atoms with Crippen molar-refractivity contribution >= 4 is 11.2 Å². The van der Waals surface area contributed by atoms with E-state index in [9.17, 15) is 4.79 Å². The Kier molecular flexibility index (Phi) is 2.80. The van der Waals surface area contributed by atoms with Crippen LogP contribution in [0, 0.1) is 0 Å². The minimum atomic E-state index is -0.191. The van der Waals surface area contributed by atoms with Crippen molar-refractivity contribution in [2.75, 3.05) is 0 Å². The van der Waals surface area contributed by atoms with Gasteiger partial charge in [0, 0.05) is 24.0 Å². The molecular formula is C15H15N5O. The lowest BCUT2D eigenvalue weighted by molar-refractivity contribution is 0.529. The van der Waals surface area contributed by atoms with Crippen LogP contribution in [0.5, 0.6) is 0 Å². The van der Waals surface area contributed by atoms with E-state index in [1.807, 2.05) is 12.1 Å². The summed E-state index contributed by atoms with van der Waals surface area (Å²) in [7, 11) is 0. The second kappa shape index (κ2) is 4.80. The first-order chi connectivity index (χ1) is 10.3. The number of hydrogen-bond acceptors (Lipinski definition) is 4. The minimum absolute atomic E-state index is 0.191. The van der Waals surface area contributed by atoms with Crippen molar-refractivity contribution < 1.29 is 0 Å². The molecule has 0 amide bonds. The van der Waals surface area contributed by atoms with E-state index in [0.29, 0.717) is 23.0 Å². The van der Waals surface area contributed by atoms with Gasteiger partial charge in [-0.3, -0.25) is 9.78 Å². The Morgan fingerprint density at radius 1 is 1.19 bits per heavy atom. The third-order valence-electron chi connectivity index (χ3n) is 4.10. The van der Waals surface area contributed by atoms with Gasteiger partial charge in [-0.2, -0.15) is 0 Å². The second-order valence-corrected chi connectivity index (χ2v) is 5.41. The van der Waals surface area contributed by atoms with Crippen LogP contribution in [0.2, 0.25) is 0 Å². The summed E-state index contributed by atoms with van der Waals surface area (Å²) in [5.74, 6) is 0.564. The molecule has 6 heteroatoms. The van der Waals surface area contributed by atoms with Crippen molar-refractivity contribution in [2.45, 2.75) is 31.7 Å². The molecule has 0 atom stereocenters. The fourth-order valence-electron chi connectivity index (χ4n) is 3.02. The van der Waals surface area contributed by atoms with Gasteiger partial charge in [-0.05, 0) is 25.0 Å². The lowest BCUT2D eigenvalue weighted by Crippen LogP contribution is -2.12. The summed E-state index contributed by atoms with van der Waals surface area (Å²) in [6.45, 7) is 0. The van der Waals surface area contributed by atoms with E-state index < -0.39 is 0 Å². The maximum Gasteiger partial charge on any atom is 0.279 e. The van der Waals surface area contributed by atoms with Gasteiger partial charge in [0.1, 0.15) is 5.82 Å². The van der Waals surface area contributed by atoms with Crippen molar-refractivity contribution in [1.82, 2.24) is 24.5 Å². The predicted octanol–water partition coefficient (Wildman–Crippen LogP) is 2.30. The van der Waals surface area contributed by atoms with Crippen LogP contribution in [0.1, 0.15) is 31.7 Å². The summed E-state index contributed by atoms with van der Waals surface area (Å²) in [5.41, 5.74) is 1.75. The van der Waals surface area contributed by atoms with Gasteiger partial charge >= 0.3 is 0 Å². The first-order valence-corrected chi connectivity index (χ1v) is 7.20. The smallest absolute Gasteiger partial charge is 0.279 e. The minimum Gasteiger partial charge on any atom is -0.312 e. The lowest BCUT2D eigenvalue weighted by atomic mass is 10.2. The van der Waals surface area contributed by atoms with Crippen molar-refractivity contribution in [3.05, 3.63) is 41.2 Å². The predicted molar refractivity (Wildman–Crippen MR) is 78.9 cm³/mol. The Labute approximate surface area is 120 Å². The zero-order valence-corrected chi connectivity index (χ0v) is 11.5. The number of aromatic nitrogens is 5. The molecule has 0 unspecified atom stereocenters. The van der Waals surface area contributed by atoms with Gasteiger partial charge in [-0.1, -0.05) is 12.8 Å². The highest BCUT2D eigenvalue weighted by Crippen LogP contribution is 2.31. The molecule has 3 heterocycles. The van der Waals surface area contributed by atoms with Crippen LogP contribution in [0.3, 0.4) is 0 Å². The van der Waals surface area contributed by atoms with Crippen molar-refractivity contribution in [3.8, 4) is 11.4 Å². The van der Waals surface area contributed by atoms with Crippen LogP contribution >= 0.6 is 0 Å². The van der Waals surface area contributed by atoms with Gasteiger partial charge in [0.25, 0.3) is 5.56 Å². The topological polar surface area (TPSA) is 76.5 Å². The molecule has 1 saturated carbocycles. The Bertz CT molecular complexity index is 830. The van der Waals surface area contributed by atoms with Gasteiger partial charge in [0.05, 0.1) is 6.33 Å². The van der Waals surface area contributed by atoms with E-state index in [2.05, 4.69) is 24.5 Å². The number of nitrogens with zero attached hydrogens (tertiary/aromatic N) is 4. The van der Waals surface area contributed by atoms with Crippen LogP contribution < -0.4 is 5.56 Å².